The molecule has 1 aliphatic heterocycles. The predicted molar refractivity (Wildman–Crippen MR) is 133 cm³/mol. The minimum absolute atomic E-state index is 0.0288. The lowest BCUT2D eigenvalue weighted by molar-refractivity contribution is -0.783. The van der Waals surface area contributed by atoms with E-state index in [2.05, 4.69) is 10.3 Å². The van der Waals surface area contributed by atoms with Crippen LogP contribution < -0.4 is 24.5 Å². The van der Waals surface area contributed by atoms with Crippen LogP contribution in [0.3, 0.4) is 0 Å². The van der Waals surface area contributed by atoms with Crippen LogP contribution in [0.25, 0.3) is 25.4 Å². The van der Waals surface area contributed by atoms with Gasteiger partial charge in [-0.2, -0.15) is 8.97 Å². The van der Waals surface area contributed by atoms with Gasteiger partial charge in [-0.15, -0.1) is 0 Å². The first-order chi connectivity index (χ1) is 17.0. The second-order valence-corrected chi connectivity index (χ2v) is 11.2. The summed E-state index contributed by atoms with van der Waals surface area (Å²) in [6, 6.07) is 15.4. The third-order valence-electron chi connectivity index (χ3n) is 6.58. The van der Waals surface area contributed by atoms with Crippen LogP contribution in [0.5, 0.6) is 5.75 Å². The summed E-state index contributed by atoms with van der Waals surface area (Å²) >= 11 is 2.93. The highest BCUT2D eigenvalue weighted by molar-refractivity contribution is 7.23. The number of thiazole rings is 2. The molecule has 36 heavy (non-hydrogen) atoms. The van der Waals surface area contributed by atoms with Gasteiger partial charge in [0.15, 0.2) is 17.2 Å². The Kier molecular flexibility index (Phi) is 5.63. The van der Waals surface area contributed by atoms with Crippen LogP contribution in [0, 0.1) is 13.8 Å². The fourth-order valence-electron chi connectivity index (χ4n) is 4.57. The molecule has 9 nitrogen and oxygen atoms in total. The van der Waals surface area contributed by atoms with Crippen molar-refractivity contribution in [1.29, 1.82) is 0 Å². The molecule has 0 spiro atoms. The Hall–Kier alpha value is -3.38. The molecular formula is C25H24N4O5S2. The number of anilines is 1. The van der Waals surface area contributed by atoms with Gasteiger partial charge in [-0.1, -0.05) is 24.3 Å². The monoisotopic (exact) mass is 524 g/mol. The van der Waals surface area contributed by atoms with Gasteiger partial charge in [0, 0.05) is 13.8 Å². The molecule has 4 heterocycles. The van der Waals surface area contributed by atoms with Gasteiger partial charge >= 0.3 is 10.1 Å². The summed E-state index contributed by atoms with van der Waals surface area (Å²) in [4.78, 5) is 16.6. The van der Waals surface area contributed by atoms with Crippen LogP contribution in [0.2, 0.25) is 0 Å². The van der Waals surface area contributed by atoms with E-state index < -0.39 is 23.3 Å². The van der Waals surface area contributed by atoms with Crippen molar-refractivity contribution < 1.29 is 34.2 Å². The van der Waals surface area contributed by atoms with Crippen LogP contribution in [-0.2, 0) is 10.5 Å². The van der Waals surface area contributed by atoms with E-state index in [0.29, 0.717) is 10.8 Å². The molecule has 0 amide bonds. The highest BCUT2D eigenvalue weighted by Gasteiger charge is 2.58. The van der Waals surface area contributed by atoms with Gasteiger partial charge in [0.2, 0.25) is 5.72 Å². The number of carbonyl (C=O) groups excluding carboxylic acids is 1. The van der Waals surface area contributed by atoms with E-state index in [1.807, 2.05) is 53.8 Å². The minimum Gasteiger partial charge on any atom is -0.867 e. The summed E-state index contributed by atoms with van der Waals surface area (Å²) in [7, 11) is 0. The molecular weight excluding hydrogens is 500 g/mol. The molecule has 6 rings (SSSR count). The first-order valence-corrected chi connectivity index (χ1v) is 12.8. The average molecular weight is 525 g/mol. The number of aliphatic hydroxyl groups is 2. The lowest BCUT2D eigenvalue weighted by atomic mass is 9.86. The van der Waals surface area contributed by atoms with Gasteiger partial charge in [-0.05, 0) is 71.5 Å². The third-order valence-corrected chi connectivity index (χ3v) is 8.64. The minimum atomic E-state index is -1.76. The van der Waals surface area contributed by atoms with E-state index in [1.165, 1.54) is 29.8 Å². The molecule has 3 unspecified atom stereocenters. The Morgan fingerprint density at radius 2 is 1.64 bits per heavy atom. The maximum absolute atomic E-state index is 11.8. The Labute approximate surface area is 214 Å². The Morgan fingerprint density at radius 3 is 2.28 bits per heavy atom. The summed E-state index contributed by atoms with van der Waals surface area (Å²) < 4.78 is 5.49. The van der Waals surface area contributed by atoms with E-state index in [0.717, 1.165) is 31.1 Å². The van der Waals surface area contributed by atoms with E-state index in [4.69, 9.17) is 0 Å². The summed E-state index contributed by atoms with van der Waals surface area (Å²) in [6.45, 7) is 6.31. The predicted octanol–water partition coefficient (Wildman–Crippen LogP) is 0.874. The summed E-state index contributed by atoms with van der Waals surface area (Å²) in [5.41, 5.74) is -0.419. The number of carboxylic acids is 1. The smallest absolute Gasteiger partial charge is 0.388 e. The number of rotatable bonds is 1. The van der Waals surface area contributed by atoms with Gasteiger partial charge in [0.1, 0.15) is 16.9 Å². The molecule has 3 aromatic heterocycles. The van der Waals surface area contributed by atoms with Crippen molar-refractivity contribution in [3.63, 3.8) is 0 Å². The van der Waals surface area contributed by atoms with Crippen molar-refractivity contribution >= 4 is 59.2 Å². The number of carboxylic acid groups (broad SMARTS) is 1. The molecule has 0 bridgehead atoms. The van der Waals surface area contributed by atoms with E-state index in [9.17, 15) is 25.2 Å². The van der Waals surface area contributed by atoms with Crippen molar-refractivity contribution in [1.82, 2.24) is 4.98 Å². The molecule has 3 atom stereocenters. The number of carbonyl (C=O) groups is 1. The number of hydrogen-bond acceptors (Lipinski definition) is 9. The molecule has 0 saturated carbocycles. The number of aliphatic carboxylic acids is 1. The van der Waals surface area contributed by atoms with Crippen molar-refractivity contribution in [3.05, 3.63) is 59.9 Å². The SMILES string of the molecule is CC1(C(=O)[O-])Nc2sc3ccccc3[n+]2C(C)(O)C1O.Cc1nc2sc3ccccc3[n+]2c(C)c1[O-]. The number of fused-ring (bicyclic) bond motifs is 6. The molecule has 11 heteroatoms. The maximum atomic E-state index is 11.8. The first kappa shape index (κ1) is 24.3. The lowest BCUT2D eigenvalue weighted by Crippen LogP contribution is -2.76. The molecule has 0 radical (unpaired) electrons. The van der Waals surface area contributed by atoms with E-state index >= 15 is 0 Å². The van der Waals surface area contributed by atoms with Gasteiger partial charge in [-0.25, -0.2) is 0 Å². The highest BCUT2D eigenvalue weighted by Crippen LogP contribution is 2.37. The number of aryl methyl sites for hydroxylation is 2. The topological polar surface area (TPSA) is 137 Å². The quantitative estimate of drug-likeness (QED) is 0.277. The number of nitrogens with one attached hydrogen (secondary N) is 1. The number of hydrogen-bond donors (Lipinski definition) is 3. The number of nitrogens with zero attached hydrogens (tertiary/aromatic N) is 3. The summed E-state index contributed by atoms with van der Waals surface area (Å²) in [5, 5.41) is 47.4. The van der Waals surface area contributed by atoms with Gasteiger partial charge in [0.25, 0.3) is 0 Å². The fraction of sp³-hybridized carbons (Fsp3) is 0.280. The molecule has 2 aromatic carbocycles. The van der Waals surface area contributed by atoms with Crippen LogP contribution in [0.1, 0.15) is 25.2 Å². The van der Waals surface area contributed by atoms with Crippen LogP contribution in [0.15, 0.2) is 48.5 Å². The second kappa shape index (κ2) is 8.34. The Morgan fingerprint density at radius 1 is 1.06 bits per heavy atom. The molecule has 186 valence electrons. The number of para-hydroxylation sites is 2. The Bertz CT molecular complexity index is 1660. The van der Waals surface area contributed by atoms with Gasteiger partial charge in [0.05, 0.1) is 15.4 Å². The maximum Gasteiger partial charge on any atom is 0.388 e. The standard InChI is InChI=1S/C13H14N2O4S.C12H10N2OS/c1-12(10(17)18)9(16)13(2,19)15-7-5-3-4-6-8(7)20-11(15)14-12;1-7-11(15)8(2)14-9-5-3-4-6-10(9)16-12(14)13-7/h3-6,9,16,19H,1-2H3,(H,17,18);3-6H,1-2H3. The van der Waals surface area contributed by atoms with Crippen molar-refractivity contribution in [3.8, 4) is 5.75 Å². The summed E-state index contributed by atoms with van der Waals surface area (Å²) in [5.74, 6) is -1.44. The zero-order valence-corrected chi connectivity index (χ0v) is 21.6. The van der Waals surface area contributed by atoms with Gasteiger partial charge < -0.3 is 25.2 Å². The van der Waals surface area contributed by atoms with E-state index in [-0.39, 0.29) is 5.75 Å². The third kappa shape index (κ3) is 3.50. The highest BCUT2D eigenvalue weighted by atomic mass is 32.1. The zero-order valence-electron chi connectivity index (χ0n) is 20.0. The van der Waals surface area contributed by atoms with Gasteiger partial charge in [-0.3, -0.25) is 5.32 Å². The molecule has 1 aliphatic rings. The summed E-state index contributed by atoms with van der Waals surface area (Å²) in [6.07, 6.45) is -1.56. The normalized spacial score (nSPS) is 23.2. The van der Waals surface area contributed by atoms with Crippen LogP contribution in [0.4, 0.5) is 5.13 Å². The lowest BCUT2D eigenvalue weighted by Gasteiger charge is -2.42. The molecule has 0 aliphatic carbocycles. The second-order valence-electron chi connectivity index (χ2n) is 9.12. The first-order valence-electron chi connectivity index (χ1n) is 11.2. The molecule has 5 aromatic rings. The fourth-order valence-corrected chi connectivity index (χ4v) is 6.94. The van der Waals surface area contributed by atoms with E-state index in [1.54, 1.807) is 24.3 Å². The van der Waals surface area contributed by atoms with Crippen molar-refractivity contribution in [2.45, 2.75) is 45.1 Å². The molecule has 0 fully saturated rings. The molecule has 0 saturated heterocycles. The zero-order chi connectivity index (χ0) is 26.0. The van der Waals surface area contributed by atoms with Crippen LogP contribution in [-0.4, -0.2) is 32.8 Å². The largest absolute Gasteiger partial charge is 0.867 e. The van der Waals surface area contributed by atoms with Crippen LogP contribution >= 0.6 is 22.7 Å². The number of aromatic nitrogens is 3. The average Bonchev–Trinajstić information content (AvgIpc) is 3.39. The number of aliphatic hydroxyl groups excluding tert-OH is 1. The molecule has 3 N–H and O–H groups in total. The number of benzene rings is 2. The Balaban J connectivity index is 0.000000152. The van der Waals surface area contributed by atoms with Crippen molar-refractivity contribution in [2.24, 2.45) is 0 Å². The van der Waals surface area contributed by atoms with Crippen molar-refractivity contribution in [2.75, 3.05) is 5.32 Å².